The zero-order valence-electron chi connectivity index (χ0n) is 11.4. The summed E-state index contributed by atoms with van der Waals surface area (Å²) in [7, 11) is 0. The van der Waals surface area contributed by atoms with Gasteiger partial charge < -0.3 is 10.4 Å². The van der Waals surface area contributed by atoms with Crippen LogP contribution in [0.3, 0.4) is 0 Å². The molecule has 1 aromatic carbocycles. The number of para-hydroxylation sites is 1. The number of nitrogens with zero attached hydrogens (tertiary/aromatic N) is 2. The fraction of sp³-hybridized carbons (Fsp3) is 0.267. The number of hydrogen-bond donors (Lipinski definition) is 2. The Labute approximate surface area is 123 Å². The lowest BCUT2D eigenvalue weighted by Crippen LogP contribution is -2.33. The second-order valence-corrected chi connectivity index (χ2v) is 4.26. The van der Waals surface area contributed by atoms with Crippen molar-refractivity contribution in [1.29, 1.82) is 5.26 Å². The predicted octanol–water partition coefficient (Wildman–Crippen LogP) is 0.907. The average molecular weight is 285 g/mol. The van der Waals surface area contributed by atoms with Crippen molar-refractivity contribution in [3.63, 3.8) is 0 Å². The highest BCUT2D eigenvalue weighted by molar-refractivity contribution is 5.92. The molecule has 2 N–H and O–H groups in total. The molecule has 0 spiro atoms. The molecule has 1 amide bonds. The highest BCUT2D eigenvalue weighted by Gasteiger charge is 2.11. The minimum atomic E-state index is -1.000. The number of nitriles is 1. The molecule has 21 heavy (non-hydrogen) atoms. The van der Waals surface area contributed by atoms with E-state index in [2.05, 4.69) is 11.2 Å². The molecular formula is C15H15N3O3. The molecule has 108 valence electrons. The fourth-order valence-corrected chi connectivity index (χ4v) is 1.70. The van der Waals surface area contributed by atoms with E-state index in [-0.39, 0.29) is 32.0 Å². The van der Waals surface area contributed by atoms with Crippen LogP contribution in [-0.4, -0.2) is 41.5 Å². The minimum Gasteiger partial charge on any atom is -0.480 e. The van der Waals surface area contributed by atoms with E-state index in [9.17, 15) is 9.59 Å². The molecule has 0 aromatic heterocycles. The summed E-state index contributed by atoms with van der Waals surface area (Å²) < 4.78 is 0. The van der Waals surface area contributed by atoms with E-state index < -0.39 is 5.97 Å². The quantitative estimate of drug-likeness (QED) is 0.726. The molecule has 0 bridgehead atoms. The second-order valence-electron chi connectivity index (χ2n) is 4.26. The Morgan fingerprint density at radius 2 is 2.10 bits per heavy atom. The van der Waals surface area contributed by atoms with Gasteiger partial charge in [-0.25, -0.2) is 0 Å². The molecular weight excluding hydrogens is 270 g/mol. The van der Waals surface area contributed by atoms with E-state index in [0.717, 1.165) is 0 Å². The van der Waals surface area contributed by atoms with Gasteiger partial charge in [-0.15, -0.1) is 6.42 Å². The van der Waals surface area contributed by atoms with Gasteiger partial charge in [0.2, 0.25) is 5.91 Å². The number of nitrogens with one attached hydrogen (secondary N) is 1. The van der Waals surface area contributed by atoms with E-state index in [4.69, 9.17) is 16.8 Å². The van der Waals surface area contributed by atoms with Crippen LogP contribution in [0.2, 0.25) is 0 Å². The van der Waals surface area contributed by atoms with E-state index in [0.29, 0.717) is 11.3 Å². The number of carbonyl (C=O) groups excluding carboxylic acids is 1. The van der Waals surface area contributed by atoms with Crippen molar-refractivity contribution in [2.75, 3.05) is 25.0 Å². The van der Waals surface area contributed by atoms with E-state index in [1.165, 1.54) is 4.90 Å². The summed E-state index contributed by atoms with van der Waals surface area (Å²) in [5.74, 6) is 1.05. The van der Waals surface area contributed by atoms with Crippen LogP contribution in [0.5, 0.6) is 0 Å². The smallest absolute Gasteiger partial charge is 0.317 e. The molecule has 0 atom stereocenters. The summed E-state index contributed by atoms with van der Waals surface area (Å²) in [6.45, 7) is 0.178. The molecule has 1 aromatic rings. The largest absolute Gasteiger partial charge is 0.480 e. The third-order valence-corrected chi connectivity index (χ3v) is 2.65. The lowest BCUT2D eigenvalue weighted by Gasteiger charge is -2.16. The zero-order valence-corrected chi connectivity index (χ0v) is 11.4. The van der Waals surface area contributed by atoms with Gasteiger partial charge in [0.15, 0.2) is 0 Å². The average Bonchev–Trinajstić information content (AvgIpc) is 2.45. The van der Waals surface area contributed by atoms with Gasteiger partial charge in [0.05, 0.1) is 24.3 Å². The highest BCUT2D eigenvalue weighted by atomic mass is 16.4. The van der Waals surface area contributed by atoms with Gasteiger partial charge in [0.25, 0.3) is 0 Å². The van der Waals surface area contributed by atoms with Gasteiger partial charge in [0, 0.05) is 13.0 Å². The van der Waals surface area contributed by atoms with Crippen molar-refractivity contribution in [2.45, 2.75) is 6.42 Å². The highest BCUT2D eigenvalue weighted by Crippen LogP contribution is 2.13. The molecule has 0 aliphatic heterocycles. The van der Waals surface area contributed by atoms with Gasteiger partial charge in [-0.3, -0.25) is 14.5 Å². The number of rotatable bonds is 7. The lowest BCUT2D eigenvalue weighted by molar-refractivity contribution is -0.138. The standard InChI is InChI=1S/C15H15N3O3/c1-2-8-18(11-15(20)21)9-7-14(19)17-13-6-4-3-5-12(13)10-16/h1,3-6H,7-9,11H2,(H,17,19)(H,20,21). The Morgan fingerprint density at radius 1 is 1.38 bits per heavy atom. The number of carbonyl (C=O) groups is 2. The predicted molar refractivity (Wildman–Crippen MR) is 77.3 cm³/mol. The summed E-state index contributed by atoms with van der Waals surface area (Å²) in [4.78, 5) is 24.0. The SMILES string of the molecule is C#CCN(CCC(=O)Nc1ccccc1C#N)CC(=O)O. The van der Waals surface area contributed by atoms with Gasteiger partial charge >= 0.3 is 5.97 Å². The maximum Gasteiger partial charge on any atom is 0.317 e. The van der Waals surface area contributed by atoms with Gasteiger partial charge in [-0.1, -0.05) is 18.1 Å². The normalized spacial score (nSPS) is 9.67. The van der Waals surface area contributed by atoms with Gasteiger partial charge in [-0.2, -0.15) is 5.26 Å². The number of carboxylic acids is 1. The number of carboxylic acid groups (broad SMARTS) is 1. The zero-order chi connectivity index (χ0) is 15.7. The van der Waals surface area contributed by atoms with Crippen molar-refractivity contribution >= 4 is 17.6 Å². The molecule has 0 aliphatic carbocycles. The molecule has 0 saturated carbocycles. The first-order valence-electron chi connectivity index (χ1n) is 6.23. The molecule has 6 heteroatoms. The number of amides is 1. The van der Waals surface area contributed by atoms with Crippen LogP contribution >= 0.6 is 0 Å². The number of terminal acetylenes is 1. The van der Waals surface area contributed by atoms with Crippen LogP contribution in [0.25, 0.3) is 0 Å². The monoisotopic (exact) mass is 285 g/mol. The maximum atomic E-state index is 11.8. The maximum absolute atomic E-state index is 11.8. The van der Waals surface area contributed by atoms with Crippen LogP contribution in [0.1, 0.15) is 12.0 Å². The minimum absolute atomic E-state index is 0.0920. The first kappa shape index (κ1) is 16.2. The van der Waals surface area contributed by atoms with Gasteiger partial charge in [0.1, 0.15) is 6.07 Å². The van der Waals surface area contributed by atoms with Crippen molar-refractivity contribution < 1.29 is 14.7 Å². The Hall–Kier alpha value is -2.83. The van der Waals surface area contributed by atoms with Crippen LogP contribution < -0.4 is 5.32 Å². The van der Waals surface area contributed by atoms with E-state index in [1.807, 2.05) is 6.07 Å². The summed E-state index contributed by atoms with van der Waals surface area (Å²) in [5.41, 5.74) is 0.809. The molecule has 0 aliphatic rings. The Kier molecular flexibility index (Phi) is 6.46. The Balaban J connectivity index is 2.55. The second kappa shape index (κ2) is 8.36. The van der Waals surface area contributed by atoms with Crippen LogP contribution in [-0.2, 0) is 9.59 Å². The molecule has 0 radical (unpaired) electrons. The Bertz CT molecular complexity index is 599. The molecule has 0 fully saturated rings. The van der Waals surface area contributed by atoms with Crippen LogP contribution in [0.4, 0.5) is 5.69 Å². The molecule has 1 rings (SSSR count). The number of hydrogen-bond acceptors (Lipinski definition) is 4. The van der Waals surface area contributed by atoms with Gasteiger partial charge in [-0.05, 0) is 12.1 Å². The summed E-state index contributed by atoms with van der Waals surface area (Å²) in [5, 5.41) is 20.3. The number of benzene rings is 1. The molecule has 0 saturated heterocycles. The third kappa shape index (κ3) is 5.77. The molecule has 0 heterocycles. The van der Waals surface area contributed by atoms with Crippen molar-refractivity contribution in [2.24, 2.45) is 0 Å². The fourth-order valence-electron chi connectivity index (χ4n) is 1.70. The Morgan fingerprint density at radius 3 is 2.71 bits per heavy atom. The number of aliphatic carboxylic acids is 1. The van der Waals surface area contributed by atoms with Crippen LogP contribution in [0, 0.1) is 23.7 Å². The summed E-state index contributed by atoms with van der Waals surface area (Å²) in [6, 6.07) is 8.63. The third-order valence-electron chi connectivity index (χ3n) is 2.65. The van der Waals surface area contributed by atoms with E-state index in [1.54, 1.807) is 24.3 Å². The van der Waals surface area contributed by atoms with Crippen molar-refractivity contribution in [1.82, 2.24) is 4.90 Å². The first-order valence-corrected chi connectivity index (χ1v) is 6.23. The lowest BCUT2D eigenvalue weighted by atomic mass is 10.2. The summed E-state index contributed by atoms with van der Waals surface area (Å²) in [6.07, 6.45) is 5.24. The first-order chi connectivity index (χ1) is 10.1. The molecule has 0 unspecified atom stereocenters. The topological polar surface area (TPSA) is 93.4 Å². The van der Waals surface area contributed by atoms with Crippen molar-refractivity contribution in [3.05, 3.63) is 29.8 Å². The van der Waals surface area contributed by atoms with Crippen LogP contribution in [0.15, 0.2) is 24.3 Å². The summed E-state index contributed by atoms with van der Waals surface area (Å²) >= 11 is 0. The molecule has 6 nitrogen and oxygen atoms in total. The van der Waals surface area contributed by atoms with Crippen molar-refractivity contribution in [3.8, 4) is 18.4 Å². The number of anilines is 1. The van der Waals surface area contributed by atoms with E-state index >= 15 is 0 Å².